The van der Waals surface area contributed by atoms with Crippen LogP contribution in [0.4, 0.5) is 0 Å². The van der Waals surface area contributed by atoms with Gasteiger partial charge in [0.15, 0.2) is 0 Å². The molecule has 0 amide bonds. The molecule has 0 N–H and O–H groups in total. The Morgan fingerprint density at radius 3 is 1.60 bits per heavy atom. The first-order valence-electron chi connectivity index (χ1n) is 5.37. The first kappa shape index (κ1) is 15.5. The number of hydrogen-bond acceptors (Lipinski definition) is 3. The average molecular weight is 263 g/mol. The van der Waals surface area contributed by atoms with E-state index in [0.717, 1.165) is 0 Å². The summed E-state index contributed by atoms with van der Waals surface area (Å²) in [6.45, 7) is 8.70. The Hall–Kier alpha value is 0.530. The molecule has 0 aromatic heterocycles. The van der Waals surface area contributed by atoms with Crippen LogP contribution < -0.4 is 0 Å². The fourth-order valence-corrected chi connectivity index (χ4v) is 5.34. The van der Waals surface area contributed by atoms with Gasteiger partial charge in [-0.3, -0.25) is 0 Å². The molecule has 0 aromatic rings. The molecular formula is C12H22S3. The molecule has 3 heteroatoms. The van der Waals surface area contributed by atoms with Crippen molar-refractivity contribution in [2.24, 2.45) is 11.8 Å². The van der Waals surface area contributed by atoms with Gasteiger partial charge in [-0.15, -0.1) is 0 Å². The molecule has 0 aliphatic rings. The van der Waals surface area contributed by atoms with E-state index in [9.17, 15) is 0 Å². The summed E-state index contributed by atoms with van der Waals surface area (Å²) in [5.41, 5.74) is 0. The van der Waals surface area contributed by atoms with Crippen molar-refractivity contribution in [2.45, 2.75) is 27.7 Å². The Balaban J connectivity index is 3.31. The van der Waals surface area contributed by atoms with Crippen LogP contribution in [-0.2, 0) is 0 Å². The zero-order chi connectivity index (χ0) is 11.5. The normalized spacial score (nSPS) is 16.3. The van der Waals surface area contributed by atoms with Gasteiger partial charge in [0, 0.05) is 11.5 Å². The molecule has 2 atom stereocenters. The third-order valence-electron chi connectivity index (χ3n) is 1.80. The first-order valence-corrected chi connectivity index (χ1v) is 9.19. The lowest BCUT2D eigenvalue weighted by Crippen LogP contribution is -1.92. The highest BCUT2D eigenvalue weighted by molar-refractivity contribution is 9.09. The van der Waals surface area contributed by atoms with E-state index in [4.69, 9.17) is 0 Å². The topological polar surface area (TPSA) is 0 Å². The molecule has 0 rings (SSSR count). The smallest absolute Gasteiger partial charge is 0.0105 e. The van der Waals surface area contributed by atoms with Crippen LogP contribution >= 0.6 is 31.4 Å². The zero-order valence-electron chi connectivity index (χ0n) is 10.1. The molecule has 0 fully saturated rings. The lowest BCUT2D eigenvalue weighted by Gasteiger charge is -2.06. The largest absolute Gasteiger partial charge is 0.0914 e. The Bertz CT molecular complexity index is 167. The molecule has 0 aliphatic carbocycles. The Morgan fingerprint density at radius 1 is 0.867 bits per heavy atom. The van der Waals surface area contributed by atoms with Crippen molar-refractivity contribution in [1.29, 1.82) is 0 Å². The minimum Gasteiger partial charge on any atom is -0.0914 e. The summed E-state index contributed by atoms with van der Waals surface area (Å²) in [7, 11) is 5.86. The molecule has 0 saturated heterocycles. The van der Waals surface area contributed by atoms with Crippen molar-refractivity contribution in [2.75, 3.05) is 11.5 Å². The average Bonchev–Trinajstić information content (AvgIpc) is 2.18. The quantitative estimate of drug-likeness (QED) is 0.325. The maximum absolute atomic E-state index is 2.26. The van der Waals surface area contributed by atoms with Crippen LogP contribution in [0.3, 0.4) is 0 Å². The van der Waals surface area contributed by atoms with Crippen molar-refractivity contribution >= 4 is 31.4 Å². The molecule has 0 nitrogen and oxygen atoms in total. The fourth-order valence-electron chi connectivity index (χ4n) is 1.07. The second-order valence-corrected chi connectivity index (χ2v) is 7.96. The highest BCUT2D eigenvalue weighted by Crippen LogP contribution is 2.37. The molecule has 0 aliphatic heterocycles. The molecule has 0 radical (unpaired) electrons. The van der Waals surface area contributed by atoms with Crippen molar-refractivity contribution in [3.63, 3.8) is 0 Å². The van der Waals surface area contributed by atoms with Gasteiger partial charge < -0.3 is 0 Å². The van der Waals surface area contributed by atoms with E-state index in [1.165, 1.54) is 11.5 Å². The van der Waals surface area contributed by atoms with Crippen LogP contribution in [0, 0.1) is 11.8 Å². The molecule has 0 aromatic carbocycles. The molecule has 0 saturated carbocycles. The van der Waals surface area contributed by atoms with E-state index in [2.05, 4.69) is 52.0 Å². The lowest BCUT2D eigenvalue weighted by molar-refractivity contribution is 0.847. The summed E-state index contributed by atoms with van der Waals surface area (Å²) in [6.07, 6.45) is 8.80. The van der Waals surface area contributed by atoms with Gasteiger partial charge in [-0.25, -0.2) is 0 Å². The van der Waals surface area contributed by atoms with Crippen molar-refractivity contribution in [3.05, 3.63) is 24.3 Å². The summed E-state index contributed by atoms with van der Waals surface area (Å²) in [5, 5.41) is 0. The highest BCUT2D eigenvalue weighted by atomic mass is 33.5. The first-order chi connectivity index (χ1) is 7.20. The third kappa shape index (κ3) is 10.8. The van der Waals surface area contributed by atoms with Crippen LogP contribution in [0.15, 0.2) is 24.3 Å². The minimum atomic E-state index is 0.695. The number of allylic oxidation sites excluding steroid dienone is 4. The molecule has 2 unspecified atom stereocenters. The molecule has 0 spiro atoms. The Morgan fingerprint density at radius 2 is 1.27 bits per heavy atom. The number of hydrogen-bond donors (Lipinski definition) is 0. The van der Waals surface area contributed by atoms with E-state index in [1.807, 2.05) is 31.4 Å². The fraction of sp³-hybridized carbons (Fsp3) is 0.667. The Kier molecular flexibility index (Phi) is 11.4. The molecule has 0 heterocycles. The van der Waals surface area contributed by atoms with Gasteiger partial charge in [0.1, 0.15) is 0 Å². The maximum atomic E-state index is 2.26. The van der Waals surface area contributed by atoms with Crippen LogP contribution in [0.1, 0.15) is 27.7 Å². The third-order valence-corrected chi connectivity index (χ3v) is 6.44. The Labute approximate surface area is 107 Å². The molecule has 0 bridgehead atoms. The molecular weight excluding hydrogens is 240 g/mol. The SMILES string of the molecule is CC=CC(C)CSSSCC(C)C=CC. The van der Waals surface area contributed by atoms with E-state index in [0.29, 0.717) is 11.8 Å². The van der Waals surface area contributed by atoms with Gasteiger partial charge in [-0.2, -0.15) is 0 Å². The maximum Gasteiger partial charge on any atom is 0.0105 e. The molecule has 88 valence electrons. The highest BCUT2D eigenvalue weighted by Gasteiger charge is 2.00. The van der Waals surface area contributed by atoms with Gasteiger partial charge >= 0.3 is 0 Å². The predicted octanol–water partition coefficient (Wildman–Crippen LogP) is 5.44. The summed E-state index contributed by atoms with van der Waals surface area (Å²) in [4.78, 5) is 0. The molecule has 15 heavy (non-hydrogen) atoms. The summed E-state index contributed by atoms with van der Waals surface area (Å²) in [5.74, 6) is 3.81. The second kappa shape index (κ2) is 11.0. The van der Waals surface area contributed by atoms with Gasteiger partial charge in [-0.05, 0) is 35.5 Å². The van der Waals surface area contributed by atoms with Crippen molar-refractivity contribution in [1.82, 2.24) is 0 Å². The standard InChI is InChI=1S/C12H22S3/c1-5-7-11(3)9-13-15-14-10-12(4)8-6-2/h5-8,11-12H,9-10H2,1-4H3. The van der Waals surface area contributed by atoms with Gasteiger partial charge in [0.25, 0.3) is 0 Å². The van der Waals surface area contributed by atoms with E-state index < -0.39 is 0 Å². The van der Waals surface area contributed by atoms with Gasteiger partial charge in [0.05, 0.1) is 0 Å². The van der Waals surface area contributed by atoms with E-state index in [1.54, 1.807) is 0 Å². The van der Waals surface area contributed by atoms with E-state index >= 15 is 0 Å². The van der Waals surface area contributed by atoms with Gasteiger partial charge in [-0.1, -0.05) is 59.7 Å². The second-order valence-electron chi connectivity index (χ2n) is 3.64. The summed E-state index contributed by atoms with van der Waals surface area (Å²) < 4.78 is 0. The van der Waals surface area contributed by atoms with Crippen molar-refractivity contribution in [3.8, 4) is 0 Å². The minimum absolute atomic E-state index is 0.695. The van der Waals surface area contributed by atoms with Crippen LogP contribution in [0.5, 0.6) is 0 Å². The summed E-state index contributed by atoms with van der Waals surface area (Å²) in [6, 6.07) is 0. The van der Waals surface area contributed by atoms with Crippen LogP contribution in [0.25, 0.3) is 0 Å². The predicted molar refractivity (Wildman–Crippen MR) is 80.5 cm³/mol. The summed E-state index contributed by atoms with van der Waals surface area (Å²) >= 11 is 0. The number of rotatable bonds is 8. The van der Waals surface area contributed by atoms with Gasteiger partial charge in [0.2, 0.25) is 0 Å². The van der Waals surface area contributed by atoms with Crippen LogP contribution in [0.2, 0.25) is 0 Å². The van der Waals surface area contributed by atoms with Crippen LogP contribution in [-0.4, -0.2) is 11.5 Å². The lowest BCUT2D eigenvalue weighted by atomic mass is 10.2. The zero-order valence-corrected chi connectivity index (χ0v) is 12.6. The van der Waals surface area contributed by atoms with E-state index in [-0.39, 0.29) is 0 Å². The monoisotopic (exact) mass is 262 g/mol. The van der Waals surface area contributed by atoms with Crippen molar-refractivity contribution < 1.29 is 0 Å².